The Hall–Kier alpha value is -3.06. The third kappa shape index (κ3) is 3.59. The molecule has 0 spiro atoms. The molecule has 0 aliphatic carbocycles. The van der Waals surface area contributed by atoms with E-state index in [-0.39, 0.29) is 6.09 Å². The molecule has 3 aromatic rings. The van der Waals surface area contributed by atoms with Crippen molar-refractivity contribution in [1.82, 2.24) is 15.0 Å². The zero-order valence-electron chi connectivity index (χ0n) is 14.7. The predicted octanol–water partition coefficient (Wildman–Crippen LogP) is 3.80. The Kier molecular flexibility index (Phi) is 4.68. The van der Waals surface area contributed by atoms with Crippen molar-refractivity contribution in [2.75, 3.05) is 23.4 Å². The van der Waals surface area contributed by atoms with Crippen molar-refractivity contribution in [2.24, 2.45) is 0 Å². The van der Waals surface area contributed by atoms with Crippen molar-refractivity contribution in [1.29, 1.82) is 0 Å². The Bertz CT molecular complexity index is 970. The number of rotatable bonds is 5. The summed E-state index contributed by atoms with van der Waals surface area (Å²) in [5.41, 5.74) is 4.47. The highest BCUT2D eigenvalue weighted by Gasteiger charge is 2.25. The highest BCUT2D eigenvalue weighted by molar-refractivity contribution is 6.30. The average molecular weight is 384 g/mol. The van der Waals surface area contributed by atoms with Crippen LogP contribution in [0.1, 0.15) is 11.3 Å². The monoisotopic (exact) mass is 383 g/mol. The van der Waals surface area contributed by atoms with Gasteiger partial charge in [-0.1, -0.05) is 22.9 Å². The summed E-state index contributed by atoms with van der Waals surface area (Å²) in [5.74, 6) is 0. The second-order valence-corrected chi connectivity index (χ2v) is 6.64. The van der Waals surface area contributed by atoms with E-state index in [2.05, 4.69) is 15.6 Å². The van der Waals surface area contributed by atoms with Crippen molar-refractivity contribution in [3.8, 4) is 5.69 Å². The third-order valence-electron chi connectivity index (χ3n) is 4.45. The molecule has 7 nitrogen and oxygen atoms in total. The Morgan fingerprint density at radius 1 is 1.22 bits per heavy atom. The first-order valence-electron chi connectivity index (χ1n) is 8.57. The van der Waals surface area contributed by atoms with Crippen LogP contribution >= 0.6 is 11.6 Å². The molecule has 27 heavy (non-hydrogen) atoms. The summed E-state index contributed by atoms with van der Waals surface area (Å²) < 4.78 is 6.74. The minimum absolute atomic E-state index is 0.304. The van der Waals surface area contributed by atoms with Gasteiger partial charge in [-0.15, -0.1) is 5.10 Å². The fourth-order valence-corrected chi connectivity index (χ4v) is 3.13. The van der Waals surface area contributed by atoms with Crippen LogP contribution in [0.25, 0.3) is 5.69 Å². The van der Waals surface area contributed by atoms with Gasteiger partial charge in [0.2, 0.25) is 0 Å². The van der Waals surface area contributed by atoms with E-state index in [1.807, 2.05) is 55.6 Å². The van der Waals surface area contributed by atoms with Gasteiger partial charge < -0.3 is 10.1 Å². The van der Waals surface area contributed by atoms with Gasteiger partial charge in [0, 0.05) is 10.7 Å². The van der Waals surface area contributed by atoms with Gasteiger partial charge in [-0.05, 0) is 48.9 Å². The number of benzene rings is 2. The number of amides is 1. The number of carbonyl (C=O) groups is 1. The van der Waals surface area contributed by atoms with Gasteiger partial charge in [-0.25, -0.2) is 9.48 Å². The quantitative estimate of drug-likeness (QED) is 0.725. The molecule has 1 aliphatic heterocycles. The minimum Gasteiger partial charge on any atom is -0.447 e. The van der Waals surface area contributed by atoms with Crippen LogP contribution in [0, 0.1) is 6.92 Å². The number of halogens is 1. The van der Waals surface area contributed by atoms with E-state index in [0.717, 1.165) is 28.3 Å². The molecule has 1 aromatic heterocycles. The summed E-state index contributed by atoms with van der Waals surface area (Å²) in [6.07, 6.45) is 1.56. The van der Waals surface area contributed by atoms with E-state index >= 15 is 0 Å². The van der Waals surface area contributed by atoms with Gasteiger partial charge >= 0.3 is 6.09 Å². The number of anilines is 2. The molecule has 1 N–H and O–H groups in total. The topological polar surface area (TPSA) is 72.3 Å². The van der Waals surface area contributed by atoms with Gasteiger partial charge in [-0.2, -0.15) is 0 Å². The van der Waals surface area contributed by atoms with Gasteiger partial charge in [0.1, 0.15) is 12.3 Å². The standard InChI is InChI=1S/C19H18ClN5O2/c1-13-17(3-2-4-18(13)24-9-10-27-19(24)26)21-11-15-12-25(23-22-15)16-7-5-14(20)6-8-16/h2-8,12,21H,9-11H2,1H3. The molecule has 1 aliphatic rings. The first-order chi connectivity index (χ1) is 13.1. The maximum Gasteiger partial charge on any atom is 0.414 e. The molecule has 0 saturated carbocycles. The van der Waals surface area contributed by atoms with Crippen LogP contribution < -0.4 is 10.2 Å². The van der Waals surface area contributed by atoms with Gasteiger partial charge in [-0.3, -0.25) is 4.90 Å². The van der Waals surface area contributed by atoms with E-state index in [4.69, 9.17) is 16.3 Å². The van der Waals surface area contributed by atoms with Crippen LogP contribution in [0.2, 0.25) is 5.02 Å². The van der Waals surface area contributed by atoms with Crippen LogP contribution in [-0.2, 0) is 11.3 Å². The second kappa shape index (κ2) is 7.28. The van der Waals surface area contributed by atoms with Crippen molar-refractivity contribution in [3.63, 3.8) is 0 Å². The Morgan fingerprint density at radius 3 is 2.78 bits per heavy atom. The number of cyclic esters (lactones) is 1. The lowest BCUT2D eigenvalue weighted by atomic mass is 10.1. The van der Waals surface area contributed by atoms with Crippen LogP contribution in [0.4, 0.5) is 16.2 Å². The average Bonchev–Trinajstić information content (AvgIpc) is 3.31. The number of hydrogen-bond donors (Lipinski definition) is 1. The molecule has 0 radical (unpaired) electrons. The number of carbonyl (C=O) groups excluding carboxylic acids is 1. The molecule has 1 fully saturated rings. The van der Waals surface area contributed by atoms with E-state index < -0.39 is 0 Å². The fraction of sp³-hybridized carbons (Fsp3) is 0.211. The molecule has 2 heterocycles. The molecule has 2 aromatic carbocycles. The summed E-state index contributed by atoms with van der Waals surface area (Å²) in [4.78, 5) is 13.5. The normalized spacial score (nSPS) is 13.7. The lowest BCUT2D eigenvalue weighted by molar-refractivity contribution is 0.181. The lowest BCUT2D eigenvalue weighted by Gasteiger charge is -2.18. The smallest absolute Gasteiger partial charge is 0.414 e. The van der Waals surface area contributed by atoms with Crippen LogP contribution in [0.5, 0.6) is 0 Å². The van der Waals surface area contributed by atoms with Crippen molar-refractivity contribution in [3.05, 3.63) is 64.9 Å². The van der Waals surface area contributed by atoms with Gasteiger partial charge in [0.05, 0.1) is 30.7 Å². The molecule has 0 bridgehead atoms. The summed E-state index contributed by atoms with van der Waals surface area (Å²) in [6.45, 7) is 3.48. The van der Waals surface area contributed by atoms with E-state index in [1.54, 1.807) is 9.58 Å². The van der Waals surface area contributed by atoms with Crippen molar-refractivity contribution in [2.45, 2.75) is 13.5 Å². The Labute approximate surface area is 161 Å². The number of nitrogens with one attached hydrogen (secondary N) is 1. The summed E-state index contributed by atoms with van der Waals surface area (Å²) >= 11 is 5.92. The SMILES string of the molecule is Cc1c(NCc2cn(-c3ccc(Cl)cc3)nn2)cccc1N1CCOC1=O. The summed E-state index contributed by atoms with van der Waals surface area (Å²) in [7, 11) is 0. The molecule has 8 heteroatoms. The van der Waals surface area contributed by atoms with Crippen LogP contribution in [0.15, 0.2) is 48.7 Å². The summed E-state index contributed by atoms with van der Waals surface area (Å²) in [5, 5.41) is 12.4. The van der Waals surface area contributed by atoms with Crippen LogP contribution in [0.3, 0.4) is 0 Å². The highest BCUT2D eigenvalue weighted by atomic mass is 35.5. The molecular weight excluding hydrogens is 366 g/mol. The molecule has 1 amide bonds. The third-order valence-corrected chi connectivity index (χ3v) is 4.70. The zero-order valence-corrected chi connectivity index (χ0v) is 15.5. The van der Waals surface area contributed by atoms with Gasteiger partial charge in [0.25, 0.3) is 0 Å². The first-order valence-corrected chi connectivity index (χ1v) is 8.94. The van der Waals surface area contributed by atoms with E-state index in [0.29, 0.717) is 24.7 Å². The fourth-order valence-electron chi connectivity index (χ4n) is 3.00. The number of nitrogens with zero attached hydrogens (tertiary/aromatic N) is 4. The maximum atomic E-state index is 11.8. The van der Waals surface area contributed by atoms with Crippen molar-refractivity contribution < 1.29 is 9.53 Å². The van der Waals surface area contributed by atoms with E-state index in [1.165, 1.54) is 0 Å². The Morgan fingerprint density at radius 2 is 2.04 bits per heavy atom. The zero-order chi connectivity index (χ0) is 18.8. The molecule has 138 valence electrons. The van der Waals surface area contributed by atoms with Gasteiger partial charge in [0.15, 0.2) is 0 Å². The molecular formula is C19H18ClN5O2. The minimum atomic E-state index is -0.304. The molecule has 1 saturated heterocycles. The largest absolute Gasteiger partial charge is 0.447 e. The number of hydrogen-bond acceptors (Lipinski definition) is 5. The lowest BCUT2D eigenvalue weighted by Crippen LogP contribution is -2.24. The maximum absolute atomic E-state index is 11.8. The predicted molar refractivity (Wildman–Crippen MR) is 104 cm³/mol. The summed E-state index contributed by atoms with van der Waals surface area (Å²) in [6, 6.07) is 13.2. The molecule has 0 atom stereocenters. The van der Waals surface area contributed by atoms with Crippen molar-refractivity contribution >= 4 is 29.1 Å². The Balaban J connectivity index is 1.48. The number of aromatic nitrogens is 3. The van der Waals surface area contributed by atoms with E-state index in [9.17, 15) is 4.79 Å². The highest BCUT2D eigenvalue weighted by Crippen LogP contribution is 2.29. The molecule has 4 rings (SSSR count). The number of ether oxygens (including phenoxy) is 1. The first kappa shape index (κ1) is 17.4. The van der Waals surface area contributed by atoms with Crippen LogP contribution in [-0.4, -0.2) is 34.2 Å². The second-order valence-electron chi connectivity index (χ2n) is 6.20. The molecule has 0 unspecified atom stereocenters.